The molecule has 0 spiro atoms. The molecule has 1 N–H and O–H groups in total. The van der Waals surface area contributed by atoms with Crippen LogP contribution in [0.2, 0.25) is 0 Å². The van der Waals surface area contributed by atoms with Crippen LogP contribution in [0.3, 0.4) is 0 Å². The minimum absolute atomic E-state index is 0.119. The van der Waals surface area contributed by atoms with Gasteiger partial charge in [0.05, 0.1) is 5.56 Å². The monoisotopic (exact) mass is 348 g/mol. The van der Waals surface area contributed by atoms with Gasteiger partial charge in [0.15, 0.2) is 6.61 Å². The molecule has 0 saturated heterocycles. The van der Waals surface area contributed by atoms with E-state index in [0.29, 0.717) is 11.3 Å². The lowest BCUT2D eigenvalue weighted by Gasteiger charge is -2.14. The van der Waals surface area contributed by atoms with Gasteiger partial charge in [0.25, 0.3) is 11.8 Å². The summed E-state index contributed by atoms with van der Waals surface area (Å²) in [5.74, 6) is -0.0797. The summed E-state index contributed by atoms with van der Waals surface area (Å²) in [7, 11) is 3.32. The molecule has 3 rings (SSSR count). The van der Waals surface area contributed by atoms with Gasteiger partial charge in [-0.3, -0.25) is 9.59 Å². The van der Waals surface area contributed by atoms with Crippen molar-refractivity contribution in [3.63, 3.8) is 0 Å². The third-order valence-corrected chi connectivity index (χ3v) is 4.02. The third kappa shape index (κ3) is 3.83. The summed E-state index contributed by atoms with van der Waals surface area (Å²) in [6.07, 6.45) is 0. The zero-order valence-electron chi connectivity index (χ0n) is 14.7. The van der Waals surface area contributed by atoms with Crippen LogP contribution in [0.1, 0.15) is 10.4 Å². The van der Waals surface area contributed by atoms with E-state index in [1.54, 1.807) is 38.4 Å². The average molecular weight is 348 g/mol. The molecule has 0 aromatic heterocycles. The van der Waals surface area contributed by atoms with Gasteiger partial charge < -0.3 is 15.0 Å². The van der Waals surface area contributed by atoms with E-state index in [1.165, 1.54) is 4.90 Å². The molecular formula is C21H20N2O3. The van der Waals surface area contributed by atoms with Crippen LogP contribution in [0.4, 0.5) is 5.69 Å². The molecule has 0 fully saturated rings. The first-order valence-electron chi connectivity index (χ1n) is 8.27. The number of carbonyl (C=O) groups is 2. The molecule has 0 aliphatic carbocycles. The highest BCUT2D eigenvalue weighted by molar-refractivity contribution is 6.10. The van der Waals surface area contributed by atoms with Crippen molar-refractivity contribution in [1.29, 1.82) is 0 Å². The minimum Gasteiger partial charge on any atom is -0.483 e. The summed E-state index contributed by atoms with van der Waals surface area (Å²) in [5.41, 5.74) is 1.11. The molecule has 0 aliphatic rings. The number of para-hydroxylation sites is 1. The lowest BCUT2D eigenvalue weighted by Crippen LogP contribution is -2.28. The van der Waals surface area contributed by atoms with Gasteiger partial charge in [0, 0.05) is 25.2 Å². The van der Waals surface area contributed by atoms with E-state index >= 15 is 0 Å². The largest absolute Gasteiger partial charge is 0.483 e. The Kier molecular flexibility index (Phi) is 5.17. The smallest absolute Gasteiger partial charge is 0.259 e. The zero-order chi connectivity index (χ0) is 18.5. The normalized spacial score (nSPS) is 10.4. The first-order valence-corrected chi connectivity index (χ1v) is 8.27. The number of nitrogens with one attached hydrogen (secondary N) is 1. The molecule has 3 aromatic rings. The van der Waals surface area contributed by atoms with Crippen LogP contribution in [0.25, 0.3) is 10.8 Å². The number of nitrogens with zero attached hydrogens (tertiary/aromatic N) is 1. The molecule has 5 heteroatoms. The van der Waals surface area contributed by atoms with Crippen molar-refractivity contribution in [2.75, 3.05) is 26.0 Å². The van der Waals surface area contributed by atoms with Crippen molar-refractivity contribution in [3.8, 4) is 5.75 Å². The van der Waals surface area contributed by atoms with E-state index in [4.69, 9.17) is 4.74 Å². The lowest BCUT2D eigenvalue weighted by molar-refractivity contribution is -0.130. The summed E-state index contributed by atoms with van der Waals surface area (Å²) >= 11 is 0. The molecule has 0 atom stereocenters. The molecule has 2 amide bonds. The third-order valence-electron chi connectivity index (χ3n) is 4.02. The maximum atomic E-state index is 12.8. The van der Waals surface area contributed by atoms with Gasteiger partial charge in [-0.15, -0.1) is 0 Å². The summed E-state index contributed by atoms with van der Waals surface area (Å²) in [4.78, 5) is 25.9. The quantitative estimate of drug-likeness (QED) is 0.767. The van der Waals surface area contributed by atoms with Gasteiger partial charge in [-0.1, -0.05) is 48.5 Å². The highest BCUT2D eigenvalue weighted by Gasteiger charge is 2.15. The summed E-state index contributed by atoms with van der Waals surface area (Å²) in [6.45, 7) is -0.119. The highest BCUT2D eigenvalue weighted by Crippen LogP contribution is 2.25. The maximum absolute atomic E-state index is 12.8. The molecule has 3 aromatic carbocycles. The van der Waals surface area contributed by atoms with Crippen LogP contribution < -0.4 is 10.1 Å². The van der Waals surface area contributed by atoms with Crippen molar-refractivity contribution in [1.82, 2.24) is 4.90 Å². The van der Waals surface area contributed by atoms with Crippen molar-refractivity contribution >= 4 is 28.3 Å². The number of ether oxygens (including phenoxy) is 1. The highest BCUT2D eigenvalue weighted by atomic mass is 16.5. The standard InChI is InChI=1S/C21H20N2O3/c1-23(2)20(24)14-26-19-13-6-5-11-17(19)21(25)22-18-12-7-9-15-8-3-4-10-16(15)18/h3-13H,14H2,1-2H3,(H,22,25). The number of amides is 2. The molecule has 0 heterocycles. The number of hydrogen-bond donors (Lipinski definition) is 1. The number of carbonyl (C=O) groups excluding carboxylic acids is 2. The maximum Gasteiger partial charge on any atom is 0.259 e. The Morgan fingerprint density at radius 2 is 1.62 bits per heavy atom. The molecule has 0 bridgehead atoms. The van der Waals surface area contributed by atoms with E-state index < -0.39 is 0 Å². The fraction of sp³-hybridized carbons (Fsp3) is 0.143. The van der Waals surface area contributed by atoms with Crippen molar-refractivity contribution in [2.24, 2.45) is 0 Å². The predicted molar refractivity (Wildman–Crippen MR) is 103 cm³/mol. The SMILES string of the molecule is CN(C)C(=O)COc1ccccc1C(=O)Nc1cccc2ccccc12. The molecule has 0 saturated carbocycles. The summed E-state index contributed by atoms with van der Waals surface area (Å²) < 4.78 is 5.55. The van der Waals surface area contributed by atoms with Gasteiger partial charge in [0.2, 0.25) is 0 Å². The second-order valence-electron chi connectivity index (χ2n) is 6.05. The molecule has 0 unspecified atom stereocenters. The van der Waals surface area contributed by atoms with Crippen LogP contribution in [-0.2, 0) is 4.79 Å². The Bertz CT molecular complexity index is 945. The predicted octanol–water partition coefficient (Wildman–Crippen LogP) is 3.56. The first kappa shape index (κ1) is 17.5. The average Bonchev–Trinajstić information content (AvgIpc) is 2.66. The van der Waals surface area contributed by atoms with E-state index in [2.05, 4.69) is 5.32 Å². The molecule has 0 aliphatic heterocycles. The molecular weight excluding hydrogens is 328 g/mol. The van der Waals surface area contributed by atoms with Crippen molar-refractivity contribution in [2.45, 2.75) is 0 Å². The Balaban J connectivity index is 1.83. The van der Waals surface area contributed by atoms with Gasteiger partial charge in [-0.05, 0) is 23.6 Å². The minimum atomic E-state index is -0.283. The lowest BCUT2D eigenvalue weighted by atomic mass is 10.1. The van der Waals surface area contributed by atoms with E-state index in [-0.39, 0.29) is 18.4 Å². The second-order valence-corrected chi connectivity index (χ2v) is 6.05. The first-order chi connectivity index (χ1) is 12.6. The number of likely N-dealkylation sites (N-methyl/N-ethyl adjacent to an activating group) is 1. The van der Waals surface area contributed by atoms with Crippen LogP contribution >= 0.6 is 0 Å². The van der Waals surface area contributed by atoms with Crippen LogP contribution in [-0.4, -0.2) is 37.4 Å². The number of benzene rings is 3. The Hall–Kier alpha value is -3.34. The fourth-order valence-electron chi connectivity index (χ4n) is 2.57. The van der Waals surface area contributed by atoms with Gasteiger partial charge >= 0.3 is 0 Å². The molecule has 132 valence electrons. The number of rotatable bonds is 5. The fourth-order valence-corrected chi connectivity index (χ4v) is 2.57. The van der Waals surface area contributed by atoms with Crippen molar-refractivity contribution < 1.29 is 14.3 Å². The molecule has 0 radical (unpaired) electrons. The number of hydrogen-bond acceptors (Lipinski definition) is 3. The van der Waals surface area contributed by atoms with Gasteiger partial charge in [-0.2, -0.15) is 0 Å². The summed E-state index contributed by atoms with van der Waals surface area (Å²) in [6, 6.07) is 20.5. The Labute approximate surface area is 152 Å². The van der Waals surface area contributed by atoms with Gasteiger partial charge in [-0.25, -0.2) is 0 Å². The number of fused-ring (bicyclic) bond motifs is 1. The summed E-state index contributed by atoms with van der Waals surface area (Å²) in [5, 5.41) is 4.95. The van der Waals surface area contributed by atoms with Crippen molar-refractivity contribution in [3.05, 3.63) is 72.3 Å². The van der Waals surface area contributed by atoms with Gasteiger partial charge in [0.1, 0.15) is 5.75 Å². The van der Waals surface area contributed by atoms with Crippen LogP contribution in [0.15, 0.2) is 66.7 Å². The molecule has 26 heavy (non-hydrogen) atoms. The Morgan fingerprint density at radius 3 is 2.42 bits per heavy atom. The molecule has 5 nitrogen and oxygen atoms in total. The van der Waals surface area contributed by atoms with E-state index in [1.807, 2.05) is 42.5 Å². The zero-order valence-corrected chi connectivity index (χ0v) is 14.7. The van der Waals surface area contributed by atoms with Crippen LogP contribution in [0, 0.1) is 0 Å². The van der Waals surface area contributed by atoms with Crippen LogP contribution in [0.5, 0.6) is 5.75 Å². The van der Waals surface area contributed by atoms with E-state index in [9.17, 15) is 9.59 Å². The number of anilines is 1. The van der Waals surface area contributed by atoms with E-state index in [0.717, 1.165) is 16.5 Å². The topological polar surface area (TPSA) is 58.6 Å². The second kappa shape index (κ2) is 7.70. The Morgan fingerprint density at radius 1 is 0.923 bits per heavy atom.